The third-order valence-electron chi connectivity index (χ3n) is 3.33. The Morgan fingerprint density at radius 1 is 1.31 bits per heavy atom. The fraction of sp³-hybridized carbons (Fsp3) is 0.583. The highest BCUT2D eigenvalue weighted by Gasteiger charge is 2.34. The first kappa shape index (κ1) is 11.9. The van der Waals surface area contributed by atoms with Gasteiger partial charge in [-0.2, -0.15) is 0 Å². The number of nitrogens with two attached hydrogens (primary N) is 1. The summed E-state index contributed by atoms with van der Waals surface area (Å²) >= 11 is 3.54. The highest BCUT2D eigenvalue weighted by Crippen LogP contribution is 2.42. The Kier molecular flexibility index (Phi) is 3.50. The van der Waals surface area contributed by atoms with Gasteiger partial charge in [0.05, 0.1) is 13.3 Å². The van der Waals surface area contributed by atoms with E-state index in [1.165, 1.54) is 19.3 Å². The van der Waals surface area contributed by atoms with Gasteiger partial charge in [-0.3, -0.25) is 4.98 Å². The Labute approximate surface area is 105 Å². The van der Waals surface area contributed by atoms with E-state index in [2.05, 4.69) is 20.9 Å². The summed E-state index contributed by atoms with van der Waals surface area (Å²) in [6.07, 6.45) is 9.23. The van der Waals surface area contributed by atoms with Gasteiger partial charge in [-0.1, -0.05) is 19.3 Å². The number of hydrogen-bond donors (Lipinski definition) is 1. The second-order valence-electron chi connectivity index (χ2n) is 4.42. The Balaban J connectivity index is 2.44. The summed E-state index contributed by atoms with van der Waals surface area (Å²) in [4.78, 5) is 4.11. The topological polar surface area (TPSA) is 48.1 Å². The van der Waals surface area contributed by atoms with Gasteiger partial charge >= 0.3 is 0 Å². The second-order valence-corrected chi connectivity index (χ2v) is 5.27. The summed E-state index contributed by atoms with van der Waals surface area (Å²) in [5.41, 5.74) is 7.34. The number of rotatable bonds is 2. The Bertz CT molecular complexity index is 375. The van der Waals surface area contributed by atoms with Gasteiger partial charge in [0.25, 0.3) is 0 Å². The highest BCUT2D eigenvalue weighted by molar-refractivity contribution is 9.10. The van der Waals surface area contributed by atoms with Gasteiger partial charge in [-0.15, -0.1) is 0 Å². The first-order valence-electron chi connectivity index (χ1n) is 5.64. The maximum Gasteiger partial charge on any atom is 0.143 e. The van der Waals surface area contributed by atoms with Crippen LogP contribution in [0.4, 0.5) is 0 Å². The van der Waals surface area contributed by atoms with Crippen LogP contribution in [-0.4, -0.2) is 12.1 Å². The fourth-order valence-electron chi connectivity index (χ4n) is 2.49. The molecule has 4 heteroatoms. The maximum atomic E-state index is 6.52. The number of pyridine rings is 1. The molecule has 0 amide bonds. The van der Waals surface area contributed by atoms with Crippen LogP contribution in [-0.2, 0) is 5.54 Å². The molecular formula is C12H17BrN2O. The molecule has 0 aliphatic heterocycles. The summed E-state index contributed by atoms with van der Waals surface area (Å²) in [5, 5.41) is 0. The monoisotopic (exact) mass is 284 g/mol. The van der Waals surface area contributed by atoms with Crippen molar-refractivity contribution < 1.29 is 4.74 Å². The zero-order valence-electron chi connectivity index (χ0n) is 9.50. The molecule has 1 saturated carbocycles. The molecule has 88 valence electrons. The zero-order chi connectivity index (χ0) is 11.6. The number of aromatic nitrogens is 1. The molecule has 2 N–H and O–H groups in total. The average Bonchev–Trinajstić information content (AvgIpc) is 2.29. The molecular weight excluding hydrogens is 268 g/mol. The smallest absolute Gasteiger partial charge is 0.143 e. The minimum absolute atomic E-state index is 0.259. The van der Waals surface area contributed by atoms with Gasteiger partial charge in [-0.05, 0) is 28.8 Å². The molecule has 1 aromatic rings. The summed E-state index contributed by atoms with van der Waals surface area (Å²) < 4.78 is 6.33. The van der Waals surface area contributed by atoms with Crippen molar-refractivity contribution >= 4 is 15.9 Å². The predicted octanol–water partition coefficient (Wildman–Crippen LogP) is 2.97. The summed E-state index contributed by atoms with van der Waals surface area (Å²) in [6.45, 7) is 0. The van der Waals surface area contributed by atoms with Crippen LogP contribution >= 0.6 is 15.9 Å². The minimum atomic E-state index is -0.259. The largest absolute Gasteiger partial charge is 0.495 e. The average molecular weight is 285 g/mol. The molecule has 16 heavy (non-hydrogen) atoms. The number of halogens is 1. The first-order chi connectivity index (χ1) is 7.67. The van der Waals surface area contributed by atoms with Gasteiger partial charge in [0.2, 0.25) is 0 Å². The standard InChI is InChI=1S/C12H17BrN2O/c1-16-10-8-15-7-9(13)11(10)12(14)5-3-2-4-6-12/h7-8H,2-6,14H2,1H3. The van der Waals surface area contributed by atoms with Crippen molar-refractivity contribution in [3.05, 3.63) is 22.4 Å². The van der Waals surface area contributed by atoms with Crippen molar-refractivity contribution in [2.45, 2.75) is 37.6 Å². The number of methoxy groups -OCH3 is 1. The van der Waals surface area contributed by atoms with E-state index in [0.717, 1.165) is 28.6 Å². The van der Waals surface area contributed by atoms with E-state index in [-0.39, 0.29) is 5.54 Å². The molecule has 0 saturated heterocycles. The number of nitrogens with zero attached hydrogens (tertiary/aromatic N) is 1. The van der Waals surface area contributed by atoms with E-state index in [0.29, 0.717) is 0 Å². The van der Waals surface area contributed by atoms with Crippen LogP contribution in [0.25, 0.3) is 0 Å². The lowest BCUT2D eigenvalue weighted by Gasteiger charge is -2.35. The van der Waals surface area contributed by atoms with Crippen LogP contribution in [0.1, 0.15) is 37.7 Å². The Morgan fingerprint density at radius 2 is 2.00 bits per heavy atom. The van der Waals surface area contributed by atoms with E-state index < -0.39 is 0 Å². The molecule has 1 heterocycles. The van der Waals surface area contributed by atoms with Crippen LogP contribution in [0.5, 0.6) is 5.75 Å². The summed E-state index contributed by atoms with van der Waals surface area (Å²) in [5.74, 6) is 0.791. The molecule has 2 rings (SSSR count). The molecule has 0 spiro atoms. The number of hydrogen-bond acceptors (Lipinski definition) is 3. The quantitative estimate of drug-likeness (QED) is 0.908. The van der Waals surface area contributed by atoms with E-state index >= 15 is 0 Å². The molecule has 0 aromatic carbocycles. The Hall–Kier alpha value is -0.610. The normalized spacial score (nSPS) is 19.4. The van der Waals surface area contributed by atoms with Crippen molar-refractivity contribution in [3.8, 4) is 5.75 Å². The molecule has 0 bridgehead atoms. The van der Waals surface area contributed by atoms with Crippen molar-refractivity contribution in [1.29, 1.82) is 0 Å². The van der Waals surface area contributed by atoms with Gasteiger partial charge in [0.15, 0.2) is 0 Å². The Morgan fingerprint density at radius 3 is 2.62 bits per heavy atom. The van der Waals surface area contributed by atoms with Crippen LogP contribution in [0.15, 0.2) is 16.9 Å². The summed E-state index contributed by atoms with van der Waals surface area (Å²) in [6, 6.07) is 0. The lowest BCUT2D eigenvalue weighted by Crippen LogP contribution is -2.39. The van der Waals surface area contributed by atoms with Gasteiger partial charge in [-0.25, -0.2) is 0 Å². The fourth-order valence-corrected chi connectivity index (χ4v) is 3.20. The third kappa shape index (κ3) is 2.09. The van der Waals surface area contributed by atoms with E-state index in [9.17, 15) is 0 Å². The maximum absolute atomic E-state index is 6.52. The minimum Gasteiger partial charge on any atom is -0.495 e. The second kappa shape index (κ2) is 4.72. The first-order valence-corrected chi connectivity index (χ1v) is 6.43. The van der Waals surface area contributed by atoms with Gasteiger partial charge in [0, 0.05) is 21.8 Å². The molecule has 0 radical (unpaired) electrons. The molecule has 1 aliphatic rings. The lowest BCUT2D eigenvalue weighted by atomic mass is 9.77. The molecule has 1 aliphatic carbocycles. The van der Waals surface area contributed by atoms with Crippen LogP contribution in [0.3, 0.4) is 0 Å². The van der Waals surface area contributed by atoms with Crippen molar-refractivity contribution in [2.75, 3.05) is 7.11 Å². The van der Waals surface area contributed by atoms with E-state index in [1.54, 1.807) is 19.5 Å². The number of ether oxygens (including phenoxy) is 1. The molecule has 0 unspecified atom stereocenters. The molecule has 3 nitrogen and oxygen atoms in total. The SMILES string of the molecule is COc1cncc(Br)c1C1(N)CCCCC1. The van der Waals surface area contributed by atoms with Gasteiger partial charge < -0.3 is 10.5 Å². The molecule has 0 atom stereocenters. The van der Waals surface area contributed by atoms with E-state index in [4.69, 9.17) is 10.5 Å². The molecule has 1 aromatic heterocycles. The van der Waals surface area contributed by atoms with E-state index in [1.807, 2.05) is 0 Å². The lowest BCUT2D eigenvalue weighted by molar-refractivity contribution is 0.287. The highest BCUT2D eigenvalue weighted by atomic mass is 79.9. The van der Waals surface area contributed by atoms with Gasteiger partial charge in [0.1, 0.15) is 5.75 Å². The van der Waals surface area contributed by atoms with Crippen molar-refractivity contribution in [2.24, 2.45) is 5.73 Å². The van der Waals surface area contributed by atoms with Crippen LogP contribution in [0.2, 0.25) is 0 Å². The third-order valence-corrected chi connectivity index (χ3v) is 3.93. The zero-order valence-corrected chi connectivity index (χ0v) is 11.1. The van der Waals surface area contributed by atoms with Crippen molar-refractivity contribution in [1.82, 2.24) is 4.98 Å². The van der Waals surface area contributed by atoms with Crippen molar-refractivity contribution in [3.63, 3.8) is 0 Å². The predicted molar refractivity (Wildman–Crippen MR) is 67.4 cm³/mol. The molecule has 1 fully saturated rings. The van der Waals surface area contributed by atoms with Crippen LogP contribution in [0, 0.1) is 0 Å². The van der Waals surface area contributed by atoms with Crippen LogP contribution < -0.4 is 10.5 Å². The summed E-state index contributed by atoms with van der Waals surface area (Å²) in [7, 11) is 1.67.